The molecule has 0 saturated carbocycles. The molecule has 2 aromatic rings. The molecule has 0 aromatic carbocycles. The molecule has 3 aliphatic heterocycles. The van der Waals surface area contributed by atoms with Crippen molar-refractivity contribution in [2.45, 2.75) is 63.8 Å². The summed E-state index contributed by atoms with van der Waals surface area (Å²) in [5.74, 6) is -0.744. The average Bonchev–Trinajstić information content (AvgIpc) is 3.25. The van der Waals surface area contributed by atoms with Gasteiger partial charge in [-0.05, 0) is 51.8 Å². The average molecular weight is 565 g/mol. The predicted octanol–water partition coefficient (Wildman–Crippen LogP) is 3.71. The molecule has 11 nitrogen and oxygen atoms in total. The van der Waals surface area contributed by atoms with Crippen LogP contribution < -0.4 is 25.2 Å². The minimum Gasteiger partial charge on any atom is -0.491 e. The number of pyridine rings is 2. The van der Waals surface area contributed by atoms with Crippen LogP contribution in [0.4, 0.5) is 35.3 Å². The molecule has 14 heteroatoms. The first-order valence-corrected chi connectivity index (χ1v) is 13.0. The fraction of sp³-hybridized carbons (Fsp3) is 0.538. The third-order valence-electron chi connectivity index (χ3n) is 6.94. The van der Waals surface area contributed by atoms with Gasteiger partial charge < -0.3 is 24.4 Å². The fourth-order valence-corrected chi connectivity index (χ4v) is 4.94. The number of rotatable bonds is 6. The zero-order chi connectivity index (χ0) is 28.7. The molecule has 2 N–H and O–H groups in total. The lowest BCUT2D eigenvalue weighted by Crippen LogP contribution is -2.56. The van der Waals surface area contributed by atoms with E-state index in [1.54, 1.807) is 18.2 Å². The number of carbonyl (C=O) groups is 2. The second kappa shape index (κ2) is 10.7. The van der Waals surface area contributed by atoms with Gasteiger partial charge in [0.25, 0.3) is 5.91 Å². The van der Waals surface area contributed by atoms with Gasteiger partial charge in [0.2, 0.25) is 0 Å². The number of anilines is 3. The van der Waals surface area contributed by atoms with E-state index < -0.39 is 29.9 Å². The summed E-state index contributed by atoms with van der Waals surface area (Å²) in [6, 6.07) is 3.38. The van der Waals surface area contributed by atoms with Crippen LogP contribution in [0.5, 0.6) is 5.75 Å². The van der Waals surface area contributed by atoms with Gasteiger partial charge in [-0.1, -0.05) is 0 Å². The molecule has 2 aromatic heterocycles. The van der Waals surface area contributed by atoms with Crippen LogP contribution in [0.2, 0.25) is 0 Å². The van der Waals surface area contributed by atoms with E-state index in [9.17, 15) is 22.8 Å². The first-order chi connectivity index (χ1) is 18.9. The summed E-state index contributed by atoms with van der Waals surface area (Å²) >= 11 is 0. The standard InChI is InChI=1S/C26H31F3N6O5/c1-15(26(27,28)29)31-23(36)19-6-7-20-22(32-19)35(16-5-4-10-34(20)12-16)24(37)33-21-11-17(8-9-30-21)38-13-18-14-39-25(2,3)40-18/h6-9,11,15-16,18H,4-5,10,12-14H2,1-3H3,(H,31,36)(H,30,33,37)/t15?,16-,18-/m0/s1. The van der Waals surface area contributed by atoms with Crippen LogP contribution >= 0.6 is 0 Å². The molecule has 0 spiro atoms. The van der Waals surface area contributed by atoms with Crippen molar-refractivity contribution in [2.24, 2.45) is 0 Å². The molecule has 0 radical (unpaired) electrons. The van der Waals surface area contributed by atoms with Gasteiger partial charge in [-0.25, -0.2) is 14.8 Å². The van der Waals surface area contributed by atoms with E-state index in [2.05, 4.69) is 20.2 Å². The van der Waals surface area contributed by atoms with Crippen molar-refractivity contribution in [3.8, 4) is 5.75 Å². The van der Waals surface area contributed by atoms with Crippen molar-refractivity contribution < 1.29 is 37.0 Å². The molecule has 3 aliphatic rings. The monoisotopic (exact) mass is 564 g/mol. The topological polar surface area (TPSA) is 118 Å². The van der Waals surface area contributed by atoms with Crippen LogP contribution in [0.15, 0.2) is 30.5 Å². The number of amides is 3. The van der Waals surface area contributed by atoms with E-state index in [1.165, 1.54) is 17.2 Å². The Balaban J connectivity index is 1.33. The highest BCUT2D eigenvalue weighted by molar-refractivity contribution is 6.04. The molecule has 1 unspecified atom stereocenters. The molecular weight excluding hydrogens is 533 g/mol. The quantitative estimate of drug-likeness (QED) is 0.546. The van der Waals surface area contributed by atoms with Gasteiger partial charge in [0.15, 0.2) is 11.6 Å². The first kappa shape index (κ1) is 27.9. The molecule has 3 amide bonds. The maximum atomic E-state index is 13.6. The lowest BCUT2D eigenvalue weighted by Gasteiger charge is -2.45. The van der Waals surface area contributed by atoms with Gasteiger partial charge in [-0.15, -0.1) is 0 Å². The molecule has 216 valence electrons. The smallest absolute Gasteiger partial charge is 0.408 e. The van der Waals surface area contributed by atoms with Gasteiger partial charge >= 0.3 is 12.2 Å². The highest BCUT2D eigenvalue weighted by Gasteiger charge is 2.40. The molecule has 2 saturated heterocycles. The zero-order valence-corrected chi connectivity index (χ0v) is 22.3. The number of carbonyl (C=O) groups excluding carboxylic acids is 2. The summed E-state index contributed by atoms with van der Waals surface area (Å²) in [4.78, 5) is 38.2. The second-order valence-corrected chi connectivity index (χ2v) is 10.5. The highest BCUT2D eigenvalue weighted by Crippen LogP contribution is 2.38. The lowest BCUT2D eigenvalue weighted by molar-refractivity contribution is -0.149. The summed E-state index contributed by atoms with van der Waals surface area (Å²) in [7, 11) is 0. The minimum absolute atomic E-state index is 0.203. The highest BCUT2D eigenvalue weighted by atomic mass is 19.4. The molecule has 2 fully saturated rings. The fourth-order valence-electron chi connectivity index (χ4n) is 4.94. The number of hydrogen-bond donors (Lipinski definition) is 2. The van der Waals surface area contributed by atoms with E-state index in [0.717, 1.165) is 19.9 Å². The third kappa shape index (κ3) is 6.07. The van der Waals surface area contributed by atoms with Gasteiger partial charge in [0.05, 0.1) is 18.3 Å². The van der Waals surface area contributed by atoms with Gasteiger partial charge in [-0.3, -0.25) is 15.0 Å². The number of hydrogen-bond acceptors (Lipinski definition) is 8. The Morgan fingerprint density at radius 2 is 2.08 bits per heavy atom. The Hall–Kier alpha value is -3.65. The van der Waals surface area contributed by atoms with E-state index in [-0.39, 0.29) is 36.1 Å². The number of urea groups is 1. The number of ether oxygens (including phenoxy) is 3. The predicted molar refractivity (Wildman–Crippen MR) is 139 cm³/mol. The number of aromatic nitrogens is 2. The number of alkyl halides is 3. The van der Waals surface area contributed by atoms with E-state index in [4.69, 9.17) is 14.2 Å². The van der Waals surface area contributed by atoms with E-state index in [1.807, 2.05) is 19.2 Å². The number of nitrogens with one attached hydrogen (secondary N) is 2. The Labute approximate surface area is 229 Å². The summed E-state index contributed by atoms with van der Waals surface area (Å²) in [6.07, 6.45) is -1.81. The molecular formula is C26H31F3N6O5. The van der Waals surface area contributed by atoms with Crippen LogP contribution in [0.3, 0.4) is 0 Å². The molecule has 40 heavy (non-hydrogen) atoms. The summed E-state index contributed by atoms with van der Waals surface area (Å²) in [5, 5.41) is 4.69. The Kier molecular flexibility index (Phi) is 7.48. The van der Waals surface area contributed by atoms with Gasteiger partial charge in [0, 0.05) is 25.4 Å². The summed E-state index contributed by atoms with van der Waals surface area (Å²) in [5.41, 5.74) is 0.405. The van der Waals surface area contributed by atoms with Crippen LogP contribution in [0.1, 0.15) is 44.1 Å². The van der Waals surface area contributed by atoms with Crippen molar-refractivity contribution in [1.29, 1.82) is 0 Å². The number of fused-ring (bicyclic) bond motifs is 4. The second-order valence-electron chi connectivity index (χ2n) is 10.5. The Bertz CT molecular complexity index is 1280. The van der Waals surface area contributed by atoms with Crippen molar-refractivity contribution in [1.82, 2.24) is 15.3 Å². The van der Waals surface area contributed by atoms with E-state index in [0.29, 0.717) is 31.0 Å². The Morgan fingerprint density at radius 1 is 1.27 bits per heavy atom. The van der Waals surface area contributed by atoms with Crippen LogP contribution in [-0.2, 0) is 9.47 Å². The third-order valence-corrected chi connectivity index (χ3v) is 6.94. The maximum absolute atomic E-state index is 13.6. The molecule has 5 rings (SSSR count). The molecule has 3 atom stereocenters. The molecule has 5 heterocycles. The van der Waals surface area contributed by atoms with E-state index >= 15 is 0 Å². The van der Waals surface area contributed by atoms with Crippen LogP contribution in [0.25, 0.3) is 0 Å². The largest absolute Gasteiger partial charge is 0.491 e. The van der Waals surface area contributed by atoms with Gasteiger partial charge in [-0.2, -0.15) is 13.2 Å². The zero-order valence-electron chi connectivity index (χ0n) is 22.3. The SMILES string of the molecule is CC(NC(=O)c1ccc2c(n1)N(C(=O)Nc1cc(OC[C@H]3COC(C)(C)O3)ccn1)[C@H]1CCCN2C1)C(F)(F)F. The van der Waals surface area contributed by atoms with Crippen LogP contribution in [0, 0.1) is 0 Å². The number of piperidine rings is 1. The molecule has 2 bridgehead atoms. The van der Waals surface area contributed by atoms with Crippen LogP contribution in [-0.4, -0.2) is 78.4 Å². The minimum atomic E-state index is -4.60. The summed E-state index contributed by atoms with van der Waals surface area (Å²) in [6.45, 7) is 6.46. The maximum Gasteiger partial charge on any atom is 0.408 e. The van der Waals surface area contributed by atoms with Crippen molar-refractivity contribution in [3.63, 3.8) is 0 Å². The summed E-state index contributed by atoms with van der Waals surface area (Å²) < 4.78 is 56.1. The number of halogens is 3. The normalized spacial score (nSPS) is 22.4. The Morgan fingerprint density at radius 3 is 2.80 bits per heavy atom. The van der Waals surface area contributed by atoms with Gasteiger partial charge in [0.1, 0.15) is 36.0 Å². The van der Waals surface area contributed by atoms with Crippen molar-refractivity contribution >= 4 is 29.3 Å². The van der Waals surface area contributed by atoms with Crippen molar-refractivity contribution in [3.05, 3.63) is 36.2 Å². The number of nitrogens with zero attached hydrogens (tertiary/aromatic N) is 4. The lowest BCUT2D eigenvalue weighted by atomic mass is 9.99. The first-order valence-electron chi connectivity index (χ1n) is 13.0. The van der Waals surface area contributed by atoms with Crippen molar-refractivity contribution in [2.75, 3.05) is 41.4 Å². The molecule has 0 aliphatic carbocycles.